The third-order valence-corrected chi connectivity index (χ3v) is 5.69. The zero-order chi connectivity index (χ0) is 9.73. The highest BCUT2D eigenvalue weighted by atomic mass is 28.3. The molecule has 0 unspecified atom stereocenters. The molecule has 0 radical (unpaired) electrons. The SMILES string of the molecule is CC[Si](C)(C)C#CC1CCCCC1. The zero-order valence-electron chi connectivity index (χ0n) is 9.32. The van der Waals surface area contributed by atoms with Gasteiger partial charge >= 0.3 is 0 Å². The van der Waals surface area contributed by atoms with Crippen molar-refractivity contribution < 1.29 is 0 Å². The maximum atomic E-state index is 3.57. The highest BCUT2D eigenvalue weighted by Crippen LogP contribution is 2.23. The number of hydrogen-bond acceptors (Lipinski definition) is 0. The van der Waals surface area contributed by atoms with Crippen LogP contribution in [0.1, 0.15) is 39.0 Å². The first kappa shape index (κ1) is 10.9. The summed E-state index contributed by atoms with van der Waals surface area (Å²) in [4.78, 5) is 0. The Hall–Kier alpha value is -0.223. The average Bonchev–Trinajstić information content (AvgIpc) is 2.17. The maximum Gasteiger partial charge on any atom is 0.132 e. The molecule has 1 saturated carbocycles. The second-order valence-corrected chi connectivity index (χ2v) is 9.57. The summed E-state index contributed by atoms with van der Waals surface area (Å²) in [6.07, 6.45) is 6.98. The molecule has 0 atom stereocenters. The summed E-state index contributed by atoms with van der Waals surface area (Å²) in [6, 6.07) is 1.30. The van der Waals surface area contributed by atoms with E-state index in [0.717, 1.165) is 5.92 Å². The molecule has 0 nitrogen and oxygen atoms in total. The number of rotatable bonds is 1. The van der Waals surface area contributed by atoms with Gasteiger partial charge in [0.1, 0.15) is 8.07 Å². The van der Waals surface area contributed by atoms with E-state index in [2.05, 4.69) is 31.5 Å². The summed E-state index contributed by atoms with van der Waals surface area (Å²) in [5.41, 5.74) is 3.57. The third kappa shape index (κ3) is 4.00. The van der Waals surface area contributed by atoms with E-state index in [1.165, 1.54) is 38.1 Å². The summed E-state index contributed by atoms with van der Waals surface area (Å²) in [7, 11) is -1.12. The minimum Gasteiger partial charge on any atom is -0.131 e. The Morgan fingerprint density at radius 2 is 1.77 bits per heavy atom. The Labute approximate surface area is 84.1 Å². The van der Waals surface area contributed by atoms with Crippen molar-refractivity contribution in [2.45, 2.75) is 58.2 Å². The van der Waals surface area contributed by atoms with Crippen molar-refractivity contribution in [2.75, 3.05) is 0 Å². The van der Waals surface area contributed by atoms with E-state index < -0.39 is 8.07 Å². The molecule has 0 saturated heterocycles. The van der Waals surface area contributed by atoms with Crippen molar-refractivity contribution in [1.82, 2.24) is 0 Å². The number of hydrogen-bond donors (Lipinski definition) is 0. The van der Waals surface area contributed by atoms with Crippen LogP contribution in [0.15, 0.2) is 0 Å². The van der Waals surface area contributed by atoms with Crippen LogP contribution in [0, 0.1) is 17.4 Å². The summed E-state index contributed by atoms with van der Waals surface area (Å²) >= 11 is 0. The Balaban J connectivity index is 2.44. The molecular weight excluding hydrogens is 172 g/mol. The summed E-state index contributed by atoms with van der Waals surface area (Å²) in [5, 5.41) is 0. The van der Waals surface area contributed by atoms with E-state index in [1.807, 2.05) is 0 Å². The lowest BCUT2D eigenvalue weighted by Gasteiger charge is -2.17. The van der Waals surface area contributed by atoms with Gasteiger partial charge in [0.25, 0.3) is 0 Å². The van der Waals surface area contributed by atoms with Crippen LogP contribution in [-0.2, 0) is 0 Å². The monoisotopic (exact) mass is 194 g/mol. The second kappa shape index (κ2) is 4.86. The van der Waals surface area contributed by atoms with E-state index in [0.29, 0.717) is 0 Å². The van der Waals surface area contributed by atoms with Gasteiger partial charge in [0.05, 0.1) is 0 Å². The molecule has 0 N–H and O–H groups in total. The highest BCUT2D eigenvalue weighted by molar-refractivity contribution is 6.85. The molecular formula is C12H22Si. The van der Waals surface area contributed by atoms with E-state index >= 15 is 0 Å². The Kier molecular flexibility index (Phi) is 4.06. The molecule has 0 aliphatic heterocycles. The quantitative estimate of drug-likeness (QED) is 0.439. The fourth-order valence-electron chi connectivity index (χ4n) is 1.63. The van der Waals surface area contributed by atoms with Crippen molar-refractivity contribution in [2.24, 2.45) is 5.92 Å². The van der Waals surface area contributed by atoms with Gasteiger partial charge in [-0.3, -0.25) is 0 Å². The van der Waals surface area contributed by atoms with Crippen molar-refractivity contribution >= 4 is 8.07 Å². The standard InChI is InChI=1S/C12H22Si/c1-4-13(2,3)11-10-12-8-6-5-7-9-12/h12H,4-9H2,1-3H3. The summed E-state index contributed by atoms with van der Waals surface area (Å²) in [6.45, 7) is 7.04. The van der Waals surface area contributed by atoms with Crippen LogP contribution >= 0.6 is 0 Å². The fourth-order valence-corrected chi connectivity index (χ4v) is 2.40. The molecule has 0 bridgehead atoms. The zero-order valence-corrected chi connectivity index (χ0v) is 10.3. The lowest BCUT2D eigenvalue weighted by atomic mass is 9.90. The molecule has 0 aromatic carbocycles. The summed E-state index contributed by atoms with van der Waals surface area (Å²) < 4.78 is 0. The van der Waals surface area contributed by atoms with Crippen molar-refractivity contribution in [3.05, 3.63) is 0 Å². The predicted octanol–water partition coefficient (Wildman–Crippen LogP) is 3.84. The van der Waals surface area contributed by atoms with Crippen LogP contribution in [0.4, 0.5) is 0 Å². The fraction of sp³-hybridized carbons (Fsp3) is 0.833. The van der Waals surface area contributed by atoms with Crippen LogP contribution in [0.3, 0.4) is 0 Å². The van der Waals surface area contributed by atoms with Crippen molar-refractivity contribution in [3.63, 3.8) is 0 Å². The lowest BCUT2D eigenvalue weighted by Crippen LogP contribution is -2.21. The van der Waals surface area contributed by atoms with Gasteiger partial charge in [0.15, 0.2) is 0 Å². The van der Waals surface area contributed by atoms with Gasteiger partial charge in [-0.1, -0.05) is 39.3 Å². The molecule has 1 aliphatic carbocycles. The van der Waals surface area contributed by atoms with Gasteiger partial charge in [-0.15, -0.1) is 11.5 Å². The van der Waals surface area contributed by atoms with E-state index in [4.69, 9.17) is 0 Å². The summed E-state index contributed by atoms with van der Waals surface area (Å²) in [5.74, 6) is 4.27. The van der Waals surface area contributed by atoms with Gasteiger partial charge in [0.2, 0.25) is 0 Å². The Morgan fingerprint density at radius 1 is 1.15 bits per heavy atom. The smallest absolute Gasteiger partial charge is 0.131 e. The Morgan fingerprint density at radius 3 is 2.31 bits per heavy atom. The molecule has 0 heterocycles. The molecule has 74 valence electrons. The lowest BCUT2D eigenvalue weighted by molar-refractivity contribution is 0.430. The van der Waals surface area contributed by atoms with Gasteiger partial charge in [-0.05, 0) is 18.9 Å². The maximum absolute atomic E-state index is 3.57. The first-order chi connectivity index (χ1) is 6.14. The minimum atomic E-state index is -1.12. The molecule has 1 heteroatoms. The van der Waals surface area contributed by atoms with Crippen LogP contribution in [0.2, 0.25) is 19.1 Å². The van der Waals surface area contributed by atoms with Gasteiger partial charge in [-0.25, -0.2) is 0 Å². The van der Waals surface area contributed by atoms with Gasteiger partial charge < -0.3 is 0 Å². The molecule has 1 rings (SSSR count). The second-order valence-electron chi connectivity index (χ2n) is 4.84. The normalized spacial score (nSPS) is 19.3. The largest absolute Gasteiger partial charge is 0.132 e. The van der Waals surface area contributed by atoms with Crippen LogP contribution in [-0.4, -0.2) is 8.07 Å². The van der Waals surface area contributed by atoms with E-state index in [9.17, 15) is 0 Å². The van der Waals surface area contributed by atoms with Crippen LogP contribution in [0.5, 0.6) is 0 Å². The van der Waals surface area contributed by atoms with E-state index in [1.54, 1.807) is 0 Å². The molecule has 0 aromatic heterocycles. The van der Waals surface area contributed by atoms with Crippen LogP contribution in [0.25, 0.3) is 0 Å². The molecule has 1 aliphatic rings. The first-order valence-electron chi connectivity index (χ1n) is 5.67. The van der Waals surface area contributed by atoms with Gasteiger partial charge in [-0.2, -0.15) is 0 Å². The van der Waals surface area contributed by atoms with Crippen molar-refractivity contribution in [3.8, 4) is 11.5 Å². The molecule has 0 amide bonds. The highest BCUT2D eigenvalue weighted by Gasteiger charge is 2.15. The van der Waals surface area contributed by atoms with E-state index in [-0.39, 0.29) is 0 Å². The molecule has 1 fully saturated rings. The van der Waals surface area contributed by atoms with Gasteiger partial charge in [0, 0.05) is 5.92 Å². The topological polar surface area (TPSA) is 0 Å². The molecule has 0 spiro atoms. The predicted molar refractivity (Wildman–Crippen MR) is 62.3 cm³/mol. The molecule has 0 aromatic rings. The minimum absolute atomic E-state index is 0.743. The molecule has 13 heavy (non-hydrogen) atoms. The average molecular weight is 194 g/mol. The van der Waals surface area contributed by atoms with Crippen molar-refractivity contribution in [1.29, 1.82) is 0 Å². The van der Waals surface area contributed by atoms with Crippen LogP contribution < -0.4 is 0 Å². The third-order valence-electron chi connectivity index (χ3n) is 3.10. The Bertz CT molecular complexity index is 201. The first-order valence-corrected chi connectivity index (χ1v) is 8.87.